The van der Waals surface area contributed by atoms with E-state index in [1.807, 2.05) is 79.7 Å². The highest BCUT2D eigenvalue weighted by Crippen LogP contribution is 2.21. The summed E-state index contributed by atoms with van der Waals surface area (Å²) in [5.41, 5.74) is 5.92. The Morgan fingerprint density at radius 1 is 0.886 bits per heavy atom. The monoisotopic (exact) mass is 461 g/mol. The lowest BCUT2D eigenvalue weighted by molar-refractivity contribution is 0.0951. The Balaban J connectivity index is 1.28. The molecule has 35 heavy (non-hydrogen) atoms. The van der Waals surface area contributed by atoms with Crippen molar-refractivity contribution in [3.05, 3.63) is 120 Å². The highest BCUT2D eigenvalue weighted by atomic mass is 16.2. The van der Waals surface area contributed by atoms with Gasteiger partial charge in [-0.25, -0.2) is 9.50 Å². The van der Waals surface area contributed by atoms with Crippen LogP contribution in [0.1, 0.15) is 31.8 Å². The van der Waals surface area contributed by atoms with Crippen molar-refractivity contribution in [3.63, 3.8) is 0 Å². The van der Waals surface area contributed by atoms with Gasteiger partial charge >= 0.3 is 0 Å². The number of carbonyl (C=O) groups is 2. The third-order valence-electron chi connectivity index (χ3n) is 5.67. The first kappa shape index (κ1) is 22.0. The summed E-state index contributed by atoms with van der Waals surface area (Å²) in [4.78, 5) is 29.8. The molecule has 2 N–H and O–H groups in total. The summed E-state index contributed by atoms with van der Waals surface area (Å²) in [6.07, 6.45) is 3.21. The number of nitrogens with zero attached hydrogens (tertiary/aromatic N) is 3. The van der Waals surface area contributed by atoms with E-state index in [2.05, 4.69) is 20.7 Å². The third kappa shape index (κ3) is 4.79. The molecular formula is C28H23N5O2. The van der Waals surface area contributed by atoms with E-state index in [1.54, 1.807) is 22.8 Å². The number of aryl methyl sites for hydroxylation is 1. The van der Waals surface area contributed by atoms with Gasteiger partial charge in [0.25, 0.3) is 11.8 Å². The molecule has 0 saturated carbocycles. The highest BCUT2D eigenvalue weighted by molar-refractivity contribution is 6.04. The average molecular weight is 462 g/mol. The summed E-state index contributed by atoms with van der Waals surface area (Å²) in [6.45, 7) is 2.27. The van der Waals surface area contributed by atoms with Crippen molar-refractivity contribution in [2.75, 3.05) is 5.32 Å². The molecule has 5 aromatic rings. The van der Waals surface area contributed by atoms with Crippen LogP contribution in [0.5, 0.6) is 0 Å². The standard InChI is InChI=1S/C28H23N5O2/c1-19-10-12-22(13-11-19)27(34)32-23-9-5-6-20(16-23)17-30-28(35)24-18-31-33-25(14-15-29-26(24)33)21-7-3-2-4-8-21/h2-16,18H,17H2,1H3,(H,30,35)(H,32,34). The van der Waals surface area contributed by atoms with Gasteiger partial charge in [0.15, 0.2) is 5.65 Å². The number of anilines is 1. The molecule has 2 amide bonds. The van der Waals surface area contributed by atoms with E-state index < -0.39 is 0 Å². The van der Waals surface area contributed by atoms with E-state index in [9.17, 15) is 9.59 Å². The van der Waals surface area contributed by atoms with Gasteiger partial charge in [0.1, 0.15) is 5.56 Å². The Morgan fingerprint density at radius 3 is 2.49 bits per heavy atom. The second-order valence-electron chi connectivity index (χ2n) is 8.19. The molecule has 0 bridgehead atoms. The van der Waals surface area contributed by atoms with Crippen LogP contribution in [-0.2, 0) is 6.54 Å². The summed E-state index contributed by atoms with van der Waals surface area (Å²) in [5.74, 6) is -0.454. The van der Waals surface area contributed by atoms with Gasteiger partial charge in [0.2, 0.25) is 0 Å². The SMILES string of the molecule is Cc1ccc(C(=O)Nc2cccc(CNC(=O)c3cnn4c(-c5ccccc5)ccnc34)c2)cc1. The van der Waals surface area contributed by atoms with Gasteiger partial charge in [-0.05, 0) is 42.8 Å². The lowest BCUT2D eigenvalue weighted by Gasteiger charge is -2.09. The van der Waals surface area contributed by atoms with Gasteiger partial charge in [-0.3, -0.25) is 9.59 Å². The minimum absolute atomic E-state index is 0.183. The molecule has 0 radical (unpaired) electrons. The molecule has 0 saturated heterocycles. The molecule has 0 aliphatic carbocycles. The largest absolute Gasteiger partial charge is 0.348 e. The van der Waals surface area contributed by atoms with Crippen molar-refractivity contribution >= 4 is 23.1 Å². The molecule has 0 aliphatic rings. The summed E-state index contributed by atoms with van der Waals surface area (Å²) >= 11 is 0. The minimum Gasteiger partial charge on any atom is -0.348 e. The van der Waals surface area contributed by atoms with E-state index in [-0.39, 0.29) is 11.8 Å². The van der Waals surface area contributed by atoms with Crippen LogP contribution in [0.25, 0.3) is 16.9 Å². The molecule has 2 heterocycles. The van der Waals surface area contributed by atoms with Gasteiger partial charge in [0, 0.05) is 29.6 Å². The molecule has 7 heteroatoms. The average Bonchev–Trinajstić information content (AvgIpc) is 3.33. The van der Waals surface area contributed by atoms with Crippen LogP contribution in [0.15, 0.2) is 97.3 Å². The molecule has 0 fully saturated rings. The fourth-order valence-electron chi connectivity index (χ4n) is 3.82. The Bertz CT molecular complexity index is 1510. The van der Waals surface area contributed by atoms with Gasteiger partial charge in [0.05, 0.1) is 11.9 Å². The molecule has 0 spiro atoms. The van der Waals surface area contributed by atoms with E-state index in [0.29, 0.717) is 29.0 Å². The van der Waals surface area contributed by atoms with Crippen molar-refractivity contribution in [2.24, 2.45) is 0 Å². The van der Waals surface area contributed by atoms with Crippen molar-refractivity contribution in [1.29, 1.82) is 0 Å². The molecule has 7 nitrogen and oxygen atoms in total. The van der Waals surface area contributed by atoms with Gasteiger partial charge in [-0.15, -0.1) is 0 Å². The molecule has 0 unspecified atom stereocenters. The van der Waals surface area contributed by atoms with Crippen LogP contribution < -0.4 is 10.6 Å². The van der Waals surface area contributed by atoms with Crippen molar-refractivity contribution in [1.82, 2.24) is 19.9 Å². The molecule has 3 aromatic carbocycles. The fourth-order valence-corrected chi connectivity index (χ4v) is 3.82. The summed E-state index contributed by atoms with van der Waals surface area (Å²) < 4.78 is 1.67. The number of hydrogen-bond acceptors (Lipinski definition) is 4. The number of carbonyl (C=O) groups excluding carboxylic acids is 2. The summed E-state index contributed by atoms with van der Waals surface area (Å²) in [5, 5.41) is 10.2. The van der Waals surface area contributed by atoms with Crippen LogP contribution in [0.4, 0.5) is 5.69 Å². The molecule has 2 aromatic heterocycles. The molecule has 0 atom stereocenters. The first-order valence-electron chi connectivity index (χ1n) is 11.2. The zero-order valence-corrected chi connectivity index (χ0v) is 19.1. The predicted molar refractivity (Wildman–Crippen MR) is 135 cm³/mol. The quantitative estimate of drug-likeness (QED) is 0.377. The Kier molecular flexibility index (Phi) is 6.05. The maximum absolute atomic E-state index is 12.9. The van der Waals surface area contributed by atoms with Gasteiger partial charge < -0.3 is 10.6 Å². The van der Waals surface area contributed by atoms with Crippen LogP contribution >= 0.6 is 0 Å². The smallest absolute Gasteiger partial charge is 0.257 e. The van der Waals surface area contributed by atoms with E-state index in [4.69, 9.17) is 0 Å². The Labute approximate surface area is 202 Å². The Hall–Kier alpha value is -4.78. The zero-order valence-electron chi connectivity index (χ0n) is 19.1. The maximum atomic E-state index is 12.9. The first-order chi connectivity index (χ1) is 17.1. The summed E-state index contributed by atoms with van der Waals surface area (Å²) in [6, 6.07) is 26.5. The first-order valence-corrected chi connectivity index (χ1v) is 11.2. The minimum atomic E-state index is -0.271. The molecule has 0 aliphatic heterocycles. The van der Waals surface area contributed by atoms with E-state index in [1.165, 1.54) is 6.20 Å². The fraction of sp³-hybridized carbons (Fsp3) is 0.0714. The lowest BCUT2D eigenvalue weighted by atomic mass is 10.1. The lowest BCUT2D eigenvalue weighted by Crippen LogP contribution is -2.23. The van der Waals surface area contributed by atoms with Crippen LogP contribution in [0.2, 0.25) is 0 Å². The second kappa shape index (κ2) is 9.61. The molecule has 5 rings (SSSR count). The summed E-state index contributed by atoms with van der Waals surface area (Å²) in [7, 11) is 0. The van der Waals surface area contributed by atoms with Crippen LogP contribution in [-0.4, -0.2) is 26.4 Å². The van der Waals surface area contributed by atoms with Gasteiger partial charge in [-0.2, -0.15) is 5.10 Å². The maximum Gasteiger partial charge on any atom is 0.257 e. The number of nitrogens with one attached hydrogen (secondary N) is 2. The topological polar surface area (TPSA) is 88.4 Å². The number of aromatic nitrogens is 3. The van der Waals surface area contributed by atoms with Crippen LogP contribution in [0.3, 0.4) is 0 Å². The number of benzene rings is 3. The molecule has 172 valence electrons. The van der Waals surface area contributed by atoms with Gasteiger partial charge in [-0.1, -0.05) is 60.2 Å². The number of hydrogen-bond donors (Lipinski definition) is 2. The third-order valence-corrected chi connectivity index (χ3v) is 5.67. The highest BCUT2D eigenvalue weighted by Gasteiger charge is 2.16. The number of rotatable bonds is 6. The van der Waals surface area contributed by atoms with Crippen molar-refractivity contribution < 1.29 is 9.59 Å². The van der Waals surface area contributed by atoms with Crippen LogP contribution in [0, 0.1) is 6.92 Å². The van der Waals surface area contributed by atoms with E-state index in [0.717, 1.165) is 22.4 Å². The number of fused-ring (bicyclic) bond motifs is 1. The Morgan fingerprint density at radius 2 is 1.69 bits per heavy atom. The van der Waals surface area contributed by atoms with E-state index >= 15 is 0 Å². The zero-order chi connectivity index (χ0) is 24.2. The molecular weight excluding hydrogens is 438 g/mol. The predicted octanol–water partition coefficient (Wildman–Crippen LogP) is 4.89. The van der Waals surface area contributed by atoms with Crippen molar-refractivity contribution in [2.45, 2.75) is 13.5 Å². The van der Waals surface area contributed by atoms with Crippen molar-refractivity contribution in [3.8, 4) is 11.3 Å². The second-order valence-corrected chi connectivity index (χ2v) is 8.19. The number of amides is 2. The normalized spacial score (nSPS) is 10.8.